The molecule has 0 radical (unpaired) electrons. The van der Waals surface area contributed by atoms with Gasteiger partial charge in [0.25, 0.3) is 0 Å². The summed E-state index contributed by atoms with van der Waals surface area (Å²) in [5.41, 5.74) is -0.664. The van der Waals surface area contributed by atoms with Gasteiger partial charge in [-0.05, 0) is 63.2 Å². The van der Waals surface area contributed by atoms with Crippen LogP contribution in [0.3, 0.4) is 0 Å². The molecule has 1 N–H and O–H groups in total. The third-order valence-corrected chi connectivity index (χ3v) is 5.62. The van der Waals surface area contributed by atoms with E-state index in [1.165, 1.54) is 0 Å². The summed E-state index contributed by atoms with van der Waals surface area (Å²) in [5, 5.41) is 8.11. The van der Waals surface area contributed by atoms with Gasteiger partial charge in [-0.15, -0.1) is 0 Å². The molecular formula is C15H20F2O5. The van der Waals surface area contributed by atoms with Crippen molar-refractivity contribution in [2.45, 2.75) is 57.5 Å². The molecule has 0 aromatic rings. The normalized spacial score (nSPS) is 37.7. The highest BCUT2D eigenvalue weighted by Crippen LogP contribution is 2.60. The standard InChI is InChI=1S/C15H20F2O5/c1-8(15(16,17)13(19)22-20)21-12(18)14-5-9-2-10(6-14)4-11(3-9)7-14/h8-11,20H,2-7H2,1H3. The van der Waals surface area contributed by atoms with Gasteiger partial charge in [0.1, 0.15) is 0 Å². The lowest BCUT2D eigenvalue weighted by molar-refractivity contribution is -0.266. The minimum atomic E-state index is -4.06. The summed E-state index contributed by atoms with van der Waals surface area (Å²) in [4.78, 5) is 26.5. The van der Waals surface area contributed by atoms with Gasteiger partial charge in [-0.1, -0.05) is 0 Å². The van der Waals surface area contributed by atoms with Gasteiger partial charge in [-0.25, -0.2) is 4.79 Å². The zero-order valence-corrected chi connectivity index (χ0v) is 12.4. The molecule has 0 heterocycles. The van der Waals surface area contributed by atoms with Gasteiger partial charge in [-0.3, -0.25) is 9.68 Å². The number of carbonyl (C=O) groups excluding carboxylic acids is 2. The first-order valence-corrected chi connectivity index (χ1v) is 7.71. The zero-order chi connectivity index (χ0) is 16.1. The lowest BCUT2D eigenvalue weighted by atomic mass is 9.49. The largest absolute Gasteiger partial charge is 0.455 e. The smallest absolute Gasteiger partial charge is 0.414 e. The Hall–Kier alpha value is -1.24. The van der Waals surface area contributed by atoms with Crippen LogP contribution >= 0.6 is 0 Å². The van der Waals surface area contributed by atoms with E-state index in [4.69, 9.17) is 9.99 Å². The fraction of sp³-hybridized carbons (Fsp3) is 0.867. The molecule has 4 aliphatic rings. The van der Waals surface area contributed by atoms with Crippen LogP contribution in [0.1, 0.15) is 45.4 Å². The minimum absolute atomic E-state index is 0.483. The highest BCUT2D eigenvalue weighted by atomic mass is 19.3. The van der Waals surface area contributed by atoms with Crippen molar-refractivity contribution in [1.82, 2.24) is 0 Å². The van der Waals surface area contributed by atoms with Crippen LogP contribution in [-0.2, 0) is 19.2 Å². The second-order valence-corrected chi connectivity index (χ2v) is 7.25. The minimum Gasteiger partial charge on any atom is -0.455 e. The molecule has 4 aliphatic carbocycles. The number of rotatable bonds is 4. The molecule has 0 amide bonds. The van der Waals surface area contributed by atoms with E-state index in [-0.39, 0.29) is 0 Å². The molecule has 0 spiro atoms. The predicted octanol–water partition coefficient (Wildman–Crippen LogP) is 2.79. The quantitative estimate of drug-likeness (QED) is 0.490. The van der Waals surface area contributed by atoms with Gasteiger partial charge in [0.05, 0.1) is 5.41 Å². The Bertz CT molecular complexity index is 455. The molecule has 0 aliphatic heterocycles. The summed E-state index contributed by atoms with van der Waals surface area (Å²) >= 11 is 0. The van der Waals surface area contributed by atoms with Crippen LogP contribution in [0.4, 0.5) is 8.78 Å². The predicted molar refractivity (Wildman–Crippen MR) is 69.8 cm³/mol. The molecule has 0 aromatic carbocycles. The third-order valence-electron chi connectivity index (χ3n) is 5.62. The van der Waals surface area contributed by atoms with Crippen molar-refractivity contribution < 1.29 is 33.3 Å². The summed E-state index contributed by atoms with van der Waals surface area (Å²) in [6.07, 6.45) is 3.48. The highest BCUT2D eigenvalue weighted by Gasteiger charge is 2.57. The Morgan fingerprint density at radius 1 is 1.14 bits per heavy atom. The summed E-state index contributed by atoms with van der Waals surface area (Å²) in [5.74, 6) is -5.36. The van der Waals surface area contributed by atoms with Crippen molar-refractivity contribution in [3.63, 3.8) is 0 Å². The maximum atomic E-state index is 13.6. The van der Waals surface area contributed by atoms with E-state index in [0.717, 1.165) is 26.2 Å². The van der Waals surface area contributed by atoms with Gasteiger partial charge in [-0.2, -0.15) is 14.0 Å². The van der Waals surface area contributed by atoms with E-state index >= 15 is 0 Å². The number of hydrogen-bond acceptors (Lipinski definition) is 5. The van der Waals surface area contributed by atoms with Gasteiger partial charge >= 0.3 is 17.9 Å². The lowest BCUT2D eigenvalue weighted by Gasteiger charge is -2.55. The van der Waals surface area contributed by atoms with Crippen molar-refractivity contribution in [2.75, 3.05) is 0 Å². The van der Waals surface area contributed by atoms with E-state index in [0.29, 0.717) is 37.0 Å². The number of carbonyl (C=O) groups is 2. The first kappa shape index (κ1) is 15.6. The fourth-order valence-electron chi connectivity index (χ4n) is 4.95. The fourth-order valence-corrected chi connectivity index (χ4v) is 4.95. The molecule has 1 unspecified atom stereocenters. The average molecular weight is 318 g/mol. The number of ether oxygens (including phenoxy) is 1. The molecule has 22 heavy (non-hydrogen) atoms. The van der Waals surface area contributed by atoms with E-state index < -0.39 is 29.4 Å². The molecule has 0 saturated heterocycles. The summed E-state index contributed by atoms with van der Waals surface area (Å²) in [6, 6.07) is 0. The second kappa shape index (κ2) is 5.15. The second-order valence-electron chi connectivity index (χ2n) is 7.25. The van der Waals surface area contributed by atoms with Crippen molar-refractivity contribution in [1.29, 1.82) is 0 Å². The van der Waals surface area contributed by atoms with E-state index in [1.807, 2.05) is 0 Å². The van der Waals surface area contributed by atoms with Gasteiger partial charge < -0.3 is 4.74 Å². The molecule has 1 atom stereocenters. The van der Waals surface area contributed by atoms with Crippen molar-refractivity contribution >= 4 is 11.9 Å². The van der Waals surface area contributed by atoms with Gasteiger partial charge in [0, 0.05) is 0 Å². The Kier molecular flexibility index (Phi) is 3.66. The van der Waals surface area contributed by atoms with Crippen molar-refractivity contribution in [3.8, 4) is 0 Å². The Balaban J connectivity index is 1.71. The van der Waals surface area contributed by atoms with Crippen LogP contribution < -0.4 is 0 Å². The SMILES string of the molecule is CC(OC(=O)C12CC3CC(CC(C3)C1)C2)C(F)(F)C(=O)OO. The molecule has 4 fully saturated rings. The van der Waals surface area contributed by atoms with Crippen LogP contribution in [0.2, 0.25) is 0 Å². The maximum absolute atomic E-state index is 13.6. The average Bonchev–Trinajstić information content (AvgIpc) is 2.44. The summed E-state index contributed by atoms with van der Waals surface area (Å²) < 4.78 is 32.2. The summed E-state index contributed by atoms with van der Waals surface area (Å²) in [6.45, 7) is 0.940. The third kappa shape index (κ3) is 2.39. The Morgan fingerprint density at radius 2 is 1.59 bits per heavy atom. The molecule has 4 saturated carbocycles. The number of halogens is 2. The highest BCUT2D eigenvalue weighted by molar-refractivity contribution is 5.80. The van der Waals surface area contributed by atoms with Crippen LogP contribution in [0.5, 0.6) is 0 Å². The number of hydrogen-bond donors (Lipinski definition) is 1. The topological polar surface area (TPSA) is 72.8 Å². The Morgan fingerprint density at radius 3 is 2.00 bits per heavy atom. The van der Waals surface area contributed by atoms with Crippen molar-refractivity contribution in [3.05, 3.63) is 0 Å². The zero-order valence-electron chi connectivity index (χ0n) is 12.4. The van der Waals surface area contributed by atoms with E-state index in [9.17, 15) is 18.4 Å². The molecule has 124 valence electrons. The van der Waals surface area contributed by atoms with Crippen LogP contribution in [-0.4, -0.2) is 29.2 Å². The van der Waals surface area contributed by atoms with Crippen molar-refractivity contribution in [2.24, 2.45) is 23.2 Å². The molecular weight excluding hydrogens is 298 g/mol. The van der Waals surface area contributed by atoms with E-state index in [2.05, 4.69) is 4.89 Å². The maximum Gasteiger partial charge on any atom is 0.414 e. The van der Waals surface area contributed by atoms with Gasteiger partial charge in [0.2, 0.25) is 0 Å². The molecule has 4 rings (SSSR count). The molecule has 0 aromatic heterocycles. The summed E-state index contributed by atoms with van der Waals surface area (Å²) in [7, 11) is 0. The first-order valence-electron chi connectivity index (χ1n) is 7.71. The first-order chi connectivity index (χ1) is 10.3. The molecule has 4 bridgehead atoms. The van der Waals surface area contributed by atoms with E-state index in [1.54, 1.807) is 0 Å². The van der Waals surface area contributed by atoms with Gasteiger partial charge in [0.15, 0.2) is 6.10 Å². The number of esters is 1. The van der Waals surface area contributed by atoms with Crippen LogP contribution in [0, 0.1) is 23.2 Å². The Labute approximate surface area is 126 Å². The molecule has 5 nitrogen and oxygen atoms in total. The lowest BCUT2D eigenvalue weighted by Crippen LogP contribution is -2.52. The van der Waals surface area contributed by atoms with Crippen LogP contribution in [0.25, 0.3) is 0 Å². The van der Waals surface area contributed by atoms with Crippen LogP contribution in [0.15, 0.2) is 0 Å². The number of alkyl halides is 2. The molecule has 7 heteroatoms. The monoisotopic (exact) mass is 318 g/mol.